The molecule has 2 aromatic heterocycles. The molecule has 0 saturated heterocycles. The zero-order valence-corrected chi connectivity index (χ0v) is 18.4. The first-order valence-corrected chi connectivity index (χ1v) is 11.2. The first kappa shape index (κ1) is 22.7. The Morgan fingerprint density at radius 2 is 2.03 bits per heavy atom. The van der Waals surface area contributed by atoms with E-state index in [4.69, 9.17) is 9.82 Å². The Labute approximate surface area is 193 Å². The molecule has 34 heavy (non-hydrogen) atoms. The van der Waals surface area contributed by atoms with Gasteiger partial charge in [0.15, 0.2) is 11.6 Å². The second-order valence-corrected chi connectivity index (χ2v) is 8.53. The molecule has 9 nitrogen and oxygen atoms in total. The van der Waals surface area contributed by atoms with Crippen molar-refractivity contribution in [2.75, 3.05) is 5.32 Å². The number of H-pyrrole nitrogens is 1. The maximum absolute atomic E-state index is 12.7. The summed E-state index contributed by atoms with van der Waals surface area (Å²) in [5.41, 5.74) is 8.62. The molecule has 1 aliphatic heterocycles. The second kappa shape index (κ2) is 8.93. The van der Waals surface area contributed by atoms with Crippen LogP contribution in [0.15, 0.2) is 24.3 Å². The van der Waals surface area contributed by atoms with Gasteiger partial charge in [0.2, 0.25) is 0 Å². The lowest BCUT2D eigenvalue weighted by Gasteiger charge is -2.31. The van der Waals surface area contributed by atoms with Crippen LogP contribution in [-0.4, -0.2) is 38.8 Å². The third-order valence-corrected chi connectivity index (χ3v) is 6.21. The number of rotatable bonds is 5. The molecule has 5 N–H and O–H groups in total. The maximum Gasteiger partial charge on any atom is 0.573 e. The Kier molecular flexibility index (Phi) is 5.96. The van der Waals surface area contributed by atoms with Gasteiger partial charge in [-0.15, -0.1) is 13.2 Å². The summed E-state index contributed by atoms with van der Waals surface area (Å²) >= 11 is 0. The number of halogens is 3. The molecule has 0 bridgehead atoms. The number of nitrogens with one attached hydrogen (secondary N) is 4. The molecule has 182 valence electrons. The van der Waals surface area contributed by atoms with Crippen LogP contribution in [0.25, 0.3) is 22.3 Å². The summed E-state index contributed by atoms with van der Waals surface area (Å²) in [4.78, 5) is 10.5. The summed E-state index contributed by atoms with van der Waals surface area (Å²) < 4.78 is 42.3. The molecule has 0 amide bonds. The van der Waals surface area contributed by atoms with E-state index >= 15 is 0 Å². The smallest absolute Gasteiger partial charge is 0.406 e. The SMILES string of the molecule is CCC1NNOc2c(NC3CCC(O)CC3)nc3c(-c4cccc(OC(F)(F)F)c4)n[nH]c3c21. The fourth-order valence-corrected chi connectivity index (χ4v) is 4.56. The average Bonchev–Trinajstić information content (AvgIpc) is 3.23. The number of hydrazine groups is 1. The number of pyridine rings is 1. The van der Waals surface area contributed by atoms with Gasteiger partial charge in [0, 0.05) is 17.2 Å². The van der Waals surface area contributed by atoms with Crippen LogP contribution in [0.2, 0.25) is 0 Å². The Bertz CT molecular complexity index is 1180. The predicted molar refractivity (Wildman–Crippen MR) is 118 cm³/mol. The van der Waals surface area contributed by atoms with Crippen LogP contribution < -0.4 is 25.9 Å². The molecular formula is C22H25F3N6O3. The van der Waals surface area contributed by atoms with E-state index < -0.39 is 6.36 Å². The number of aliphatic hydroxyl groups excluding tert-OH is 1. The van der Waals surface area contributed by atoms with E-state index in [1.54, 1.807) is 6.07 Å². The monoisotopic (exact) mass is 478 g/mol. The third kappa shape index (κ3) is 4.48. The van der Waals surface area contributed by atoms with Crippen molar-refractivity contribution in [2.45, 2.75) is 63.6 Å². The number of ether oxygens (including phenoxy) is 1. The summed E-state index contributed by atoms with van der Waals surface area (Å²) in [5, 5.41) is 20.7. The van der Waals surface area contributed by atoms with Gasteiger partial charge in [0.05, 0.1) is 17.7 Å². The number of aromatic amines is 1. The van der Waals surface area contributed by atoms with Gasteiger partial charge in [-0.3, -0.25) is 5.10 Å². The summed E-state index contributed by atoms with van der Waals surface area (Å²) in [7, 11) is 0. The highest BCUT2D eigenvalue weighted by Gasteiger charge is 2.33. The zero-order valence-electron chi connectivity index (χ0n) is 18.4. The Balaban J connectivity index is 1.60. The quantitative estimate of drug-likeness (QED) is 0.372. The Morgan fingerprint density at radius 1 is 1.24 bits per heavy atom. The lowest BCUT2D eigenvalue weighted by Crippen LogP contribution is -2.42. The van der Waals surface area contributed by atoms with Crippen LogP contribution in [0, 0.1) is 0 Å². The number of fused-ring (bicyclic) bond motifs is 3. The highest BCUT2D eigenvalue weighted by molar-refractivity contribution is 5.95. The number of hydrogen-bond donors (Lipinski definition) is 5. The minimum atomic E-state index is -4.79. The molecule has 5 rings (SSSR count). The minimum Gasteiger partial charge on any atom is -0.406 e. The van der Waals surface area contributed by atoms with E-state index in [-0.39, 0.29) is 23.9 Å². The van der Waals surface area contributed by atoms with E-state index in [1.165, 1.54) is 18.2 Å². The fourth-order valence-electron chi connectivity index (χ4n) is 4.56. The molecule has 3 heterocycles. The Morgan fingerprint density at radius 3 is 2.76 bits per heavy atom. The number of hydrogen-bond acceptors (Lipinski definition) is 8. The molecular weight excluding hydrogens is 453 g/mol. The molecule has 2 aliphatic rings. The highest BCUT2D eigenvalue weighted by Crippen LogP contribution is 2.42. The molecule has 1 saturated carbocycles. The third-order valence-electron chi connectivity index (χ3n) is 6.21. The van der Waals surface area contributed by atoms with E-state index in [2.05, 4.69) is 31.3 Å². The van der Waals surface area contributed by atoms with Gasteiger partial charge in [-0.2, -0.15) is 5.10 Å². The number of aromatic nitrogens is 3. The standard InChI is InChI=1S/C22H25F3N6O3/c1-2-15-16-18-19(17(29-30-18)11-4-3-5-14(10-11)33-22(23,24)25)27-21(20(16)34-31-28-15)26-12-6-8-13(32)9-7-12/h3-5,10,12-13,15,28,31-32H,2,6-9H2,1H3,(H,26,27)(H,29,30). The molecule has 1 unspecified atom stereocenters. The average molecular weight is 478 g/mol. The van der Waals surface area contributed by atoms with Crippen molar-refractivity contribution in [3.8, 4) is 22.8 Å². The van der Waals surface area contributed by atoms with Crippen molar-refractivity contribution in [1.29, 1.82) is 0 Å². The minimum absolute atomic E-state index is 0.106. The molecule has 12 heteroatoms. The molecule has 1 aliphatic carbocycles. The van der Waals surface area contributed by atoms with E-state index in [0.717, 1.165) is 24.8 Å². The number of nitrogens with zero attached hydrogens (tertiary/aromatic N) is 2. The van der Waals surface area contributed by atoms with Crippen molar-refractivity contribution >= 4 is 16.9 Å². The van der Waals surface area contributed by atoms with E-state index in [1.807, 2.05) is 6.92 Å². The van der Waals surface area contributed by atoms with E-state index in [9.17, 15) is 18.3 Å². The van der Waals surface area contributed by atoms with Gasteiger partial charge >= 0.3 is 6.36 Å². The predicted octanol–water partition coefficient (Wildman–Crippen LogP) is 4.09. The van der Waals surface area contributed by atoms with Gasteiger partial charge in [-0.05, 0) is 44.2 Å². The number of benzene rings is 1. The molecule has 1 atom stereocenters. The number of alkyl halides is 3. The lowest BCUT2D eigenvalue weighted by molar-refractivity contribution is -0.274. The fraction of sp³-hybridized carbons (Fsp3) is 0.455. The summed E-state index contributed by atoms with van der Waals surface area (Å²) in [6, 6.07) is 5.65. The molecule has 1 aromatic carbocycles. The molecule has 0 spiro atoms. The summed E-state index contributed by atoms with van der Waals surface area (Å²) in [5.74, 6) is 0.717. The highest BCUT2D eigenvalue weighted by atomic mass is 19.4. The number of aliphatic hydroxyl groups is 1. The largest absolute Gasteiger partial charge is 0.573 e. The first-order chi connectivity index (χ1) is 16.3. The van der Waals surface area contributed by atoms with Crippen LogP contribution in [0.3, 0.4) is 0 Å². The van der Waals surface area contributed by atoms with Crippen molar-refractivity contribution in [2.24, 2.45) is 0 Å². The van der Waals surface area contributed by atoms with Crippen molar-refractivity contribution in [3.63, 3.8) is 0 Å². The molecule has 0 radical (unpaired) electrons. The van der Waals surface area contributed by atoms with Crippen LogP contribution >= 0.6 is 0 Å². The maximum atomic E-state index is 12.7. The topological polar surface area (TPSA) is 116 Å². The first-order valence-electron chi connectivity index (χ1n) is 11.2. The number of anilines is 1. The summed E-state index contributed by atoms with van der Waals surface area (Å²) in [6.07, 6.45) is -1.38. The summed E-state index contributed by atoms with van der Waals surface area (Å²) in [6.45, 7) is 2.02. The molecule has 1 fully saturated rings. The molecule has 3 aromatic rings. The van der Waals surface area contributed by atoms with Crippen LogP contribution in [0.4, 0.5) is 19.0 Å². The van der Waals surface area contributed by atoms with Gasteiger partial charge in [-0.1, -0.05) is 24.6 Å². The van der Waals surface area contributed by atoms with Crippen molar-refractivity contribution < 1.29 is 27.9 Å². The normalized spacial score (nSPS) is 22.8. The van der Waals surface area contributed by atoms with Crippen molar-refractivity contribution in [3.05, 3.63) is 29.8 Å². The lowest BCUT2D eigenvalue weighted by atomic mass is 9.93. The van der Waals surface area contributed by atoms with E-state index in [0.29, 0.717) is 46.7 Å². The van der Waals surface area contributed by atoms with Gasteiger partial charge < -0.3 is 20.0 Å². The van der Waals surface area contributed by atoms with Gasteiger partial charge in [0.25, 0.3) is 0 Å². The van der Waals surface area contributed by atoms with Crippen LogP contribution in [-0.2, 0) is 0 Å². The Hall–Kier alpha value is -3.09. The second-order valence-electron chi connectivity index (χ2n) is 8.53. The van der Waals surface area contributed by atoms with Gasteiger partial charge in [-0.25, -0.2) is 10.4 Å². The van der Waals surface area contributed by atoms with Crippen molar-refractivity contribution in [1.82, 2.24) is 26.2 Å². The zero-order chi connectivity index (χ0) is 23.9. The van der Waals surface area contributed by atoms with Crippen LogP contribution in [0.5, 0.6) is 11.5 Å². The van der Waals surface area contributed by atoms with Crippen LogP contribution in [0.1, 0.15) is 50.6 Å². The van der Waals surface area contributed by atoms with Gasteiger partial charge in [0.1, 0.15) is 17.0 Å².